The lowest BCUT2D eigenvalue weighted by molar-refractivity contribution is -0.118. The molecule has 1 heterocycles. The molecular formula is C15H15N3O5. The molecule has 2 aromatic rings. The minimum Gasteiger partial charge on any atom is -0.482 e. The molecule has 8 heteroatoms. The molecule has 0 bridgehead atoms. The lowest BCUT2D eigenvalue weighted by Gasteiger charge is -2.12. The van der Waals surface area contributed by atoms with E-state index in [4.69, 9.17) is 4.74 Å². The number of ether oxygens (including phenoxy) is 1. The quantitative estimate of drug-likeness (QED) is 0.787. The first kappa shape index (κ1) is 16.2. The first-order chi connectivity index (χ1) is 11.0. The third-order valence-corrected chi connectivity index (χ3v) is 2.76. The van der Waals surface area contributed by atoms with E-state index in [0.717, 1.165) is 0 Å². The molecule has 2 N–H and O–H groups in total. The van der Waals surface area contributed by atoms with Crippen LogP contribution >= 0.6 is 0 Å². The maximum Gasteiger partial charge on any atom is 0.263 e. The van der Waals surface area contributed by atoms with E-state index in [-0.39, 0.29) is 29.9 Å². The molecule has 0 atom stereocenters. The highest BCUT2D eigenvalue weighted by molar-refractivity contribution is 5.97. The smallest absolute Gasteiger partial charge is 0.263 e. The van der Waals surface area contributed by atoms with Crippen LogP contribution in [-0.4, -0.2) is 29.4 Å². The van der Waals surface area contributed by atoms with E-state index in [0.29, 0.717) is 11.3 Å². The lowest BCUT2D eigenvalue weighted by atomic mass is 10.1. The third-order valence-electron chi connectivity index (χ3n) is 2.76. The zero-order chi connectivity index (χ0) is 16.8. The molecule has 1 aromatic heterocycles. The van der Waals surface area contributed by atoms with Gasteiger partial charge in [0.05, 0.1) is 5.69 Å². The second-order valence-electron chi connectivity index (χ2n) is 4.67. The van der Waals surface area contributed by atoms with Gasteiger partial charge >= 0.3 is 0 Å². The fraction of sp³-hybridized carbons (Fsp3) is 0.200. The Hall–Kier alpha value is -3.16. The first-order valence-electron chi connectivity index (χ1n) is 6.71. The number of nitrogens with zero attached hydrogens (tertiary/aromatic N) is 1. The van der Waals surface area contributed by atoms with Crippen LogP contribution < -0.4 is 15.4 Å². The van der Waals surface area contributed by atoms with Crippen LogP contribution in [0.2, 0.25) is 0 Å². The summed E-state index contributed by atoms with van der Waals surface area (Å²) in [6.07, 6.45) is 1.32. The van der Waals surface area contributed by atoms with Gasteiger partial charge in [-0.2, -0.15) is 0 Å². The second kappa shape index (κ2) is 7.21. The predicted molar refractivity (Wildman–Crippen MR) is 81.4 cm³/mol. The summed E-state index contributed by atoms with van der Waals surface area (Å²) in [5.74, 6) is -0.420. The van der Waals surface area contributed by atoms with E-state index >= 15 is 0 Å². The average molecular weight is 317 g/mol. The number of rotatable bonds is 6. The number of hydrogen-bond donors (Lipinski definition) is 2. The summed E-state index contributed by atoms with van der Waals surface area (Å²) in [5.41, 5.74) is 0.780. The molecule has 0 unspecified atom stereocenters. The van der Waals surface area contributed by atoms with E-state index in [1.807, 2.05) is 0 Å². The minimum atomic E-state index is -0.457. The van der Waals surface area contributed by atoms with Gasteiger partial charge in [0.1, 0.15) is 12.0 Å². The topological polar surface area (TPSA) is 111 Å². The Kier molecular flexibility index (Phi) is 5.08. The predicted octanol–water partition coefficient (Wildman–Crippen LogP) is 1.85. The number of carbonyl (C=O) groups is 3. The molecule has 0 fully saturated rings. The van der Waals surface area contributed by atoms with Crippen molar-refractivity contribution in [3.8, 4) is 5.75 Å². The molecule has 0 aliphatic rings. The van der Waals surface area contributed by atoms with Crippen LogP contribution in [0.4, 0.5) is 11.5 Å². The highest BCUT2D eigenvalue weighted by Crippen LogP contribution is 2.26. The molecule has 23 heavy (non-hydrogen) atoms. The van der Waals surface area contributed by atoms with Gasteiger partial charge in [0.25, 0.3) is 5.91 Å². The van der Waals surface area contributed by atoms with Crippen molar-refractivity contribution in [2.45, 2.75) is 13.8 Å². The van der Waals surface area contributed by atoms with Gasteiger partial charge in [-0.15, -0.1) is 0 Å². The SMILES string of the molecule is CC(=O)Nc1ccc(C(C)=O)cc1OCC(=O)Nc1ccon1. The standard InChI is InChI=1S/C15H15N3O5/c1-9(19)11-3-4-12(16-10(2)20)13(7-11)22-8-15(21)17-14-5-6-23-18-14/h3-7H,8H2,1-2H3,(H,16,20)(H,17,18,21). The van der Waals surface area contributed by atoms with Crippen LogP contribution in [0.3, 0.4) is 0 Å². The summed E-state index contributed by atoms with van der Waals surface area (Å²) in [7, 11) is 0. The third kappa shape index (κ3) is 4.67. The Labute approximate surface area is 131 Å². The number of ketones is 1. The van der Waals surface area contributed by atoms with Gasteiger partial charge in [-0.3, -0.25) is 14.4 Å². The molecule has 0 spiro atoms. The summed E-state index contributed by atoms with van der Waals surface area (Å²) in [6, 6.07) is 6.06. The molecule has 1 aromatic carbocycles. The van der Waals surface area contributed by atoms with Crippen molar-refractivity contribution < 1.29 is 23.6 Å². The van der Waals surface area contributed by atoms with Crippen LogP contribution in [0.25, 0.3) is 0 Å². The highest BCUT2D eigenvalue weighted by atomic mass is 16.5. The van der Waals surface area contributed by atoms with Crippen LogP contribution in [0.1, 0.15) is 24.2 Å². The Balaban J connectivity index is 2.09. The van der Waals surface area contributed by atoms with Gasteiger partial charge in [-0.05, 0) is 25.1 Å². The van der Waals surface area contributed by atoms with E-state index in [1.54, 1.807) is 12.1 Å². The van der Waals surface area contributed by atoms with Crippen molar-refractivity contribution in [2.24, 2.45) is 0 Å². The monoisotopic (exact) mass is 317 g/mol. The van der Waals surface area contributed by atoms with Crippen molar-refractivity contribution in [1.29, 1.82) is 0 Å². The number of hydrogen-bond acceptors (Lipinski definition) is 6. The lowest BCUT2D eigenvalue weighted by Crippen LogP contribution is -2.21. The minimum absolute atomic E-state index is 0.156. The van der Waals surface area contributed by atoms with Crippen molar-refractivity contribution in [3.05, 3.63) is 36.1 Å². The summed E-state index contributed by atoms with van der Waals surface area (Å²) in [5, 5.41) is 8.58. The van der Waals surface area contributed by atoms with Crippen LogP contribution in [0.5, 0.6) is 5.75 Å². The van der Waals surface area contributed by atoms with Gasteiger partial charge in [0, 0.05) is 18.6 Å². The van der Waals surface area contributed by atoms with Gasteiger partial charge in [0.15, 0.2) is 18.2 Å². The molecule has 0 radical (unpaired) electrons. The number of amides is 2. The summed E-state index contributed by atoms with van der Waals surface area (Å²) in [4.78, 5) is 34.4. The van der Waals surface area contributed by atoms with Crippen LogP contribution in [0, 0.1) is 0 Å². The van der Waals surface area contributed by atoms with E-state index < -0.39 is 5.91 Å². The fourth-order valence-corrected chi connectivity index (χ4v) is 1.75. The number of anilines is 2. The van der Waals surface area contributed by atoms with Crippen molar-refractivity contribution in [2.75, 3.05) is 17.2 Å². The van der Waals surface area contributed by atoms with Crippen LogP contribution in [0.15, 0.2) is 35.1 Å². The Bertz CT molecular complexity index is 725. The first-order valence-corrected chi connectivity index (χ1v) is 6.71. The Morgan fingerprint density at radius 1 is 1.17 bits per heavy atom. The average Bonchev–Trinajstić information content (AvgIpc) is 2.98. The summed E-state index contributed by atoms with van der Waals surface area (Å²) < 4.78 is 9.99. The molecule has 0 saturated heterocycles. The fourth-order valence-electron chi connectivity index (χ4n) is 1.75. The molecule has 0 aliphatic heterocycles. The normalized spacial score (nSPS) is 10.0. The van der Waals surface area contributed by atoms with E-state index in [9.17, 15) is 14.4 Å². The Morgan fingerprint density at radius 2 is 1.96 bits per heavy atom. The van der Waals surface area contributed by atoms with Crippen molar-refractivity contribution in [1.82, 2.24) is 5.16 Å². The molecule has 2 amide bonds. The largest absolute Gasteiger partial charge is 0.482 e. The Morgan fingerprint density at radius 3 is 2.57 bits per heavy atom. The molecule has 0 saturated carbocycles. The second-order valence-corrected chi connectivity index (χ2v) is 4.67. The maximum atomic E-state index is 11.8. The molecular weight excluding hydrogens is 302 g/mol. The van der Waals surface area contributed by atoms with Gasteiger partial charge in [-0.25, -0.2) is 0 Å². The number of Topliss-reactive ketones (excluding diaryl/α,β-unsaturated/α-hetero) is 1. The maximum absolute atomic E-state index is 11.8. The number of nitrogens with one attached hydrogen (secondary N) is 2. The number of carbonyl (C=O) groups excluding carboxylic acids is 3. The van der Waals surface area contributed by atoms with Crippen molar-refractivity contribution >= 4 is 29.1 Å². The molecule has 120 valence electrons. The summed E-state index contributed by atoms with van der Waals surface area (Å²) >= 11 is 0. The van der Waals surface area contributed by atoms with Gasteiger partial charge in [0.2, 0.25) is 5.91 Å². The molecule has 2 rings (SSSR count). The summed E-state index contributed by atoms with van der Waals surface area (Å²) in [6.45, 7) is 2.44. The van der Waals surface area contributed by atoms with Crippen LogP contribution in [-0.2, 0) is 9.59 Å². The van der Waals surface area contributed by atoms with Gasteiger partial charge in [-0.1, -0.05) is 5.16 Å². The number of aromatic nitrogens is 1. The van der Waals surface area contributed by atoms with Crippen molar-refractivity contribution in [3.63, 3.8) is 0 Å². The number of benzene rings is 1. The zero-order valence-electron chi connectivity index (χ0n) is 12.6. The van der Waals surface area contributed by atoms with E-state index in [2.05, 4.69) is 20.3 Å². The van der Waals surface area contributed by atoms with E-state index in [1.165, 1.54) is 32.2 Å². The molecule has 8 nitrogen and oxygen atoms in total. The molecule has 0 aliphatic carbocycles. The van der Waals surface area contributed by atoms with Gasteiger partial charge < -0.3 is 19.9 Å². The highest BCUT2D eigenvalue weighted by Gasteiger charge is 2.12. The zero-order valence-corrected chi connectivity index (χ0v) is 12.6.